The molecule has 2 aromatic carbocycles. The molecule has 0 saturated carbocycles. The lowest BCUT2D eigenvalue weighted by molar-refractivity contribution is -0.149. The summed E-state index contributed by atoms with van der Waals surface area (Å²) in [4.78, 5) is 24.8. The summed E-state index contributed by atoms with van der Waals surface area (Å²) in [5.41, 5.74) is 6.17. The fourth-order valence-electron chi connectivity index (χ4n) is 4.17. The maximum absolute atomic E-state index is 12.5. The Balaban J connectivity index is 1.81. The Morgan fingerprint density at radius 2 is 1.66 bits per heavy atom. The number of ether oxygens (including phenoxy) is 2. The number of cyclic esters (lactones) is 2. The quantitative estimate of drug-likeness (QED) is 0.253. The number of rotatable bonds is 4. The van der Waals surface area contributed by atoms with Gasteiger partial charge in [-0.1, -0.05) is 33.6 Å². The fourth-order valence-corrected chi connectivity index (χ4v) is 4.44. The van der Waals surface area contributed by atoms with E-state index in [1.54, 1.807) is 0 Å². The van der Waals surface area contributed by atoms with Gasteiger partial charge < -0.3 is 14.0 Å². The van der Waals surface area contributed by atoms with Gasteiger partial charge in [-0.3, -0.25) is 0 Å². The molecular formula is C26H24BrNO4. The lowest BCUT2D eigenvalue weighted by Gasteiger charge is -2.09. The van der Waals surface area contributed by atoms with Crippen LogP contribution in [0.15, 0.2) is 63.7 Å². The minimum atomic E-state index is -0.595. The van der Waals surface area contributed by atoms with Crippen LogP contribution in [-0.2, 0) is 28.0 Å². The second kappa shape index (κ2) is 8.43. The fraction of sp³-hybridized carbons (Fsp3) is 0.231. The molecule has 32 heavy (non-hydrogen) atoms. The minimum absolute atomic E-state index is 0.340. The van der Waals surface area contributed by atoms with E-state index in [4.69, 9.17) is 9.47 Å². The third-order valence-electron chi connectivity index (χ3n) is 5.88. The van der Waals surface area contributed by atoms with Crippen molar-refractivity contribution in [3.05, 3.63) is 80.5 Å². The molecule has 0 N–H and O–H groups in total. The second-order valence-corrected chi connectivity index (χ2v) is 9.08. The summed E-state index contributed by atoms with van der Waals surface area (Å²) in [5.74, 6) is -0.443. The van der Waals surface area contributed by atoms with Crippen molar-refractivity contribution < 1.29 is 19.1 Å². The topological polar surface area (TPSA) is 57.5 Å². The van der Waals surface area contributed by atoms with Crippen molar-refractivity contribution in [1.82, 2.24) is 4.57 Å². The van der Waals surface area contributed by atoms with Crippen LogP contribution < -0.4 is 4.74 Å². The summed E-state index contributed by atoms with van der Waals surface area (Å²) in [5, 5.41) is 0.962. The molecule has 5 nitrogen and oxygen atoms in total. The number of aromatic nitrogens is 1. The van der Waals surface area contributed by atoms with Gasteiger partial charge in [0, 0.05) is 33.7 Å². The van der Waals surface area contributed by atoms with Gasteiger partial charge in [0.25, 0.3) is 0 Å². The van der Waals surface area contributed by atoms with Crippen molar-refractivity contribution in [2.24, 2.45) is 7.05 Å². The van der Waals surface area contributed by atoms with E-state index in [1.807, 2.05) is 77.2 Å². The summed E-state index contributed by atoms with van der Waals surface area (Å²) < 4.78 is 14.1. The number of allylic oxidation sites excluding steroid dienone is 2. The highest BCUT2D eigenvalue weighted by Gasteiger charge is 2.37. The lowest BCUT2D eigenvalue weighted by atomic mass is 9.93. The van der Waals surface area contributed by atoms with Crippen LogP contribution in [0.2, 0.25) is 0 Å². The van der Waals surface area contributed by atoms with Gasteiger partial charge in [-0.05, 0) is 69.2 Å². The molecule has 0 unspecified atom stereocenters. The van der Waals surface area contributed by atoms with E-state index in [0.717, 1.165) is 49.1 Å². The highest BCUT2D eigenvalue weighted by molar-refractivity contribution is 9.10. The Hall–Kier alpha value is -3.12. The van der Waals surface area contributed by atoms with Crippen molar-refractivity contribution in [3.8, 4) is 5.75 Å². The summed E-state index contributed by atoms with van der Waals surface area (Å²) in [6.45, 7) is 7.95. The molecule has 6 heteroatoms. The van der Waals surface area contributed by atoms with Crippen LogP contribution in [0.4, 0.5) is 0 Å². The first-order valence-corrected chi connectivity index (χ1v) is 11.1. The van der Waals surface area contributed by atoms with E-state index in [0.29, 0.717) is 17.8 Å². The van der Waals surface area contributed by atoms with Crippen LogP contribution in [0.25, 0.3) is 16.5 Å². The molecule has 3 aromatic rings. The number of halogens is 1. The van der Waals surface area contributed by atoms with Gasteiger partial charge in [-0.2, -0.15) is 0 Å². The van der Waals surface area contributed by atoms with E-state index in [1.165, 1.54) is 0 Å². The average molecular weight is 494 g/mol. The average Bonchev–Trinajstić information content (AvgIpc) is 3.19. The molecule has 1 aliphatic heterocycles. The summed E-state index contributed by atoms with van der Waals surface area (Å²) in [7, 11) is 1.99. The Kier molecular flexibility index (Phi) is 5.82. The molecule has 1 fully saturated rings. The van der Waals surface area contributed by atoms with Crippen LogP contribution >= 0.6 is 15.9 Å². The van der Waals surface area contributed by atoms with E-state index in [9.17, 15) is 9.59 Å². The van der Waals surface area contributed by atoms with Crippen molar-refractivity contribution in [2.45, 2.75) is 34.3 Å². The van der Waals surface area contributed by atoms with Crippen molar-refractivity contribution in [2.75, 3.05) is 0 Å². The second-order valence-electron chi connectivity index (χ2n) is 8.17. The Labute approximate surface area is 195 Å². The van der Waals surface area contributed by atoms with Crippen LogP contribution in [-0.4, -0.2) is 16.5 Å². The van der Waals surface area contributed by atoms with Gasteiger partial charge in [0.1, 0.15) is 12.4 Å². The zero-order valence-electron chi connectivity index (χ0n) is 18.7. The Morgan fingerprint density at radius 1 is 1.00 bits per heavy atom. The molecule has 0 radical (unpaired) electrons. The predicted octanol–water partition coefficient (Wildman–Crippen LogP) is 6.02. The summed E-state index contributed by atoms with van der Waals surface area (Å²) >= 11 is 3.44. The number of hydrogen-bond donors (Lipinski definition) is 0. The molecule has 1 saturated heterocycles. The van der Waals surface area contributed by atoms with E-state index >= 15 is 0 Å². The van der Waals surface area contributed by atoms with Crippen molar-refractivity contribution in [1.29, 1.82) is 0 Å². The van der Waals surface area contributed by atoms with E-state index < -0.39 is 11.9 Å². The lowest BCUT2D eigenvalue weighted by Crippen LogP contribution is -2.01. The first-order valence-electron chi connectivity index (χ1n) is 10.3. The van der Waals surface area contributed by atoms with Gasteiger partial charge in [0.15, 0.2) is 0 Å². The van der Waals surface area contributed by atoms with Gasteiger partial charge in [-0.25, -0.2) is 9.59 Å². The van der Waals surface area contributed by atoms with Gasteiger partial charge in [0.05, 0.1) is 11.1 Å². The molecule has 0 spiro atoms. The number of carbonyl (C=O) groups is 2. The smallest absolute Gasteiger partial charge is 0.347 e. The number of esters is 2. The third-order valence-corrected chi connectivity index (χ3v) is 6.40. The highest BCUT2D eigenvalue weighted by Crippen LogP contribution is 2.38. The maximum atomic E-state index is 12.5. The third kappa shape index (κ3) is 3.79. The Morgan fingerprint density at radius 3 is 2.31 bits per heavy atom. The maximum Gasteiger partial charge on any atom is 0.347 e. The summed E-state index contributed by atoms with van der Waals surface area (Å²) in [6.07, 6.45) is 0. The number of carbonyl (C=O) groups excluding carboxylic acids is 2. The molecular weight excluding hydrogens is 470 g/mol. The van der Waals surface area contributed by atoms with Crippen LogP contribution in [0.3, 0.4) is 0 Å². The van der Waals surface area contributed by atoms with Crippen molar-refractivity contribution in [3.63, 3.8) is 0 Å². The molecule has 164 valence electrons. The number of aryl methyl sites for hydroxylation is 1. The molecule has 2 heterocycles. The van der Waals surface area contributed by atoms with Crippen molar-refractivity contribution >= 4 is 44.3 Å². The van der Waals surface area contributed by atoms with Crippen LogP contribution in [0.1, 0.15) is 37.6 Å². The number of nitrogens with zero attached hydrogens (tertiary/aromatic N) is 1. The SMILES string of the molecule is CC(C)=C1C(=O)OC(=O)/C1=C(\C)c1c(C)n(C)c2ccc(OCc3ccc(Br)cc3)cc12. The first-order chi connectivity index (χ1) is 15.2. The monoisotopic (exact) mass is 493 g/mol. The minimum Gasteiger partial charge on any atom is -0.489 e. The molecule has 4 rings (SSSR count). The van der Waals surface area contributed by atoms with Gasteiger partial charge in [0.2, 0.25) is 0 Å². The van der Waals surface area contributed by atoms with Crippen LogP contribution in [0.5, 0.6) is 5.75 Å². The first kappa shape index (κ1) is 22.1. The normalized spacial score (nSPS) is 15.4. The largest absolute Gasteiger partial charge is 0.489 e. The molecule has 0 amide bonds. The molecule has 1 aliphatic rings. The zero-order chi connectivity index (χ0) is 23.2. The summed E-state index contributed by atoms with van der Waals surface area (Å²) in [6, 6.07) is 13.9. The molecule has 0 atom stereocenters. The zero-order valence-corrected chi connectivity index (χ0v) is 20.3. The number of hydrogen-bond acceptors (Lipinski definition) is 4. The Bertz CT molecular complexity index is 1320. The number of fused-ring (bicyclic) bond motifs is 1. The van der Waals surface area contributed by atoms with Gasteiger partial charge >= 0.3 is 11.9 Å². The van der Waals surface area contributed by atoms with Crippen LogP contribution in [0, 0.1) is 6.92 Å². The molecule has 0 bridgehead atoms. The highest BCUT2D eigenvalue weighted by atomic mass is 79.9. The number of benzene rings is 2. The molecule has 1 aromatic heterocycles. The van der Waals surface area contributed by atoms with Gasteiger partial charge in [-0.15, -0.1) is 0 Å². The molecule has 0 aliphatic carbocycles. The standard InChI is InChI=1S/C26H24BrNO4/c1-14(2)22-24(26(30)32-25(22)29)15(3)23-16(4)28(5)21-11-10-19(12-20(21)23)31-13-17-6-8-18(27)9-7-17/h6-12H,13H2,1-5H3/b24-15+. The predicted molar refractivity (Wildman–Crippen MR) is 128 cm³/mol. The van der Waals surface area contributed by atoms with E-state index in [-0.39, 0.29) is 0 Å². The van der Waals surface area contributed by atoms with E-state index in [2.05, 4.69) is 20.5 Å².